The summed E-state index contributed by atoms with van der Waals surface area (Å²) in [5.41, 5.74) is -0.331. The van der Waals surface area contributed by atoms with Crippen molar-refractivity contribution in [2.75, 3.05) is 0 Å². The first-order valence-corrected chi connectivity index (χ1v) is 4.69. The average Bonchev–Trinajstić information content (AvgIpc) is 1.99. The summed E-state index contributed by atoms with van der Waals surface area (Å²) in [6.07, 6.45) is 0. The largest absolute Gasteiger partial charge is 0.434 e. The van der Waals surface area contributed by atoms with Crippen LogP contribution in [0.2, 0.25) is 10.0 Å². The number of alkyl halides is 2. The van der Waals surface area contributed by atoms with Crippen LogP contribution in [0.3, 0.4) is 0 Å². The molecule has 0 amide bonds. The summed E-state index contributed by atoms with van der Waals surface area (Å²) in [4.78, 5) is 10.9. The summed E-state index contributed by atoms with van der Waals surface area (Å²) >= 11 is 16.3. The Hall–Kier alpha value is -0.580. The molecular weight excluding hydrogens is 272 g/mol. The maximum absolute atomic E-state index is 12.0. The Balaban J connectivity index is 3.27. The van der Waals surface area contributed by atoms with Crippen LogP contribution in [0.1, 0.15) is 10.4 Å². The van der Waals surface area contributed by atoms with E-state index in [1.54, 1.807) is 0 Å². The molecule has 1 aromatic rings. The quantitative estimate of drug-likeness (QED) is 0.780. The van der Waals surface area contributed by atoms with Gasteiger partial charge in [0.2, 0.25) is 0 Å². The van der Waals surface area contributed by atoms with E-state index in [1.165, 1.54) is 6.07 Å². The van der Waals surface area contributed by atoms with Crippen molar-refractivity contribution in [3.05, 3.63) is 27.7 Å². The maximum Gasteiger partial charge on any atom is 0.387 e. The second-order valence-electron chi connectivity index (χ2n) is 2.41. The van der Waals surface area contributed by atoms with E-state index in [0.29, 0.717) is 0 Å². The smallest absolute Gasteiger partial charge is 0.387 e. The molecule has 7 heteroatoms. The molecule has 0 heterocycles. The molecule has 15 heavy (non-hydrogen) atoms. The molecule has 0 aliphatic carbocycles. The first kappa shape index (κ1) is 12.5. The maximum atomic E-state index is 12.0. The molecule has 0 saturated carbocycles. The minimum Gasteiger partial charge on any atom is -0.434 e. The lowest BCUT2D eigenvalue weighted by atomic mass is 10.2. The highest BCUT2D eigenvalue weighted by atomic mass is 35.5. The van der Waals surface area contributed by atoms with Gasteiger partial charge in [-0.3, -0.25) is 4.79 Å². The Bertz CT molecular complexity index is 396. The lowest BCUT2D eigenvalue weighted by Crippen LogP contribution is -2.06. The van der Waals surface area contributed by atoms with E-state index in [4.69, 9.17) is 34.8 Å². The summed E-state index contributed by atoms with van der Waals surface area (Å²) < 4.78 is 28.0. The van der Waals surface area contributed by atoms with Crippen molar-refractivity contribution in [3.63, 3.8) is 0 Å². The summed E-state index contributed by atoms with van der Waals surface area (Å²) in [6, 6.07) is 2.24. The molecule has 1 aromatic carbocycles. The lowest BCUT2D eigenvalue weighted by Gasteiger charge is -2.09. The van der Waals surface area contributed by atoms with Crippen molar-refractivity contribution in [3.8, 4) is 5.75 Å². The SMILES string of the molecule is O=C(Cl)c1c(Cl)cc(Cl)cc1OC(F)F. The first-order chi connectivity index (χ1) is 6.91. The highest BCUT2D eigenvalue weighted by molar-refractivity contribution is 6.69. The van der Waals surface area contributed by atoms with Gasteiger partial charge in [-0.1, -0.05) is 23.2 Å². The Kier molecular flexibility index (Phi) is 4.13. The second kappa shape index (κ2) is 4.96. The zero-order valence-corrected chi connectivity index (χ0v) is 9.21. The van der Waals surface area contributed by atoms with Crippen molar-refractivity contribution < 1.29 is 18.3 Å². The Labute approximate surface area is 98.7 Å². The molecule has 2 nitrogen and oxygen atoms in total. The second-order valence-corrected chi connectivity index (χ2v) is 3.60. The first-order valence-electron chi connectivity index (χ1n) is 3.55. The van der Waals surface area contributed by atoms with Crippen LogP contribution in [-0.2, 0) is 0 Å². The fourth-order valence-electron chi connectivity index (χ4n) is 0.930. The molecule has 82 valence electrons. The number of ether oxygens (including phenoxy) is 1. The Morgan fingerprint density at radius 1 is 1.33 bits per heavy atom. The zero-order valence-electron chi connectivity index (χ0n) is 6.94. The van der Waals surface area contributed by atoms with E-state index in [2.05, 4.69) is 4.74 Å². The van der Waals surface area contributed by atoms with Gasteiger partial charge >= 0.3 is 6.61 Å². The standard InChI is InChI=1S/C8H3Cl3F2O2/c9-3-1-4(10)6(7(11)14)5(2-3)15-8(12)13/h1-2,8H. The molecule has 0 aromatic heterocycles. The van der Waals surface area contributed by atoms with Crippen molar-refractivity contribution in [2.24, 2.45) is 0 Å². The third-order valence-corrected chi connectivity index (χ3v) is 2.14. The van der Waals surface area contributed by atoms with Crippen LogP contribution < -0.4 is 4.74 Å². The van der Waals surface area contributed by atoms with E-state index in [-0.39, 0.29) is 15.6 Å². The van der Waals surface area contributed by atoms with Gasteiger partial charge in [-0.25, -0.2) is 0 Å². The van der Waals surface area contributed by atoms with Crippen molar-refractivity contribution in [1.82, 2.24) is 0 Å². The number of carbonyl (C=O) groups excluding carboxylic acids is 1. The van der Waals surface area contributed by atoms with Gasteiger partial charge in [0.15, 0.2) is 0 Å². The fourth-order valence-corrected chi connectivity index (χ4v) is 1.73. The highest BCUT2D eigenvalue weighted by Gasteiger charge is 2.18. The van der Waals surface area contributed by atoms with E-state index < -0.39 is 17.6 Å². The van der Waals surface area contributed by atoms with Gasteiger partial charge in [0.05, 0.1) is 10.6 Å². The van der Waals surface area contributed by atoms with Gasteiger partial charge in [0.25, 0.3) is 5.24 Å². The molecule has 0 radical (unpaired) electrons. The molecule has 0 atom stereocenters. The highest BCUT2D eigenvalue weighted by Crippen LogP contribution is 2.33. The van der Waals surface area contributed by atoms with Gasteiger partial charge in [-0.05, 0) is 23.7 Å². The normalized spacial score (nSPS) is 10.5. The molecule has 0 aliphatic heterocycles. The van der Waals surface area contributed by atoms with Crippen LogP contribution in [0.15, 0.2) is 12.1 Å². The van der Waals surface area contributed by atoms with Crippen LogP contribution in [0.4, 0.5) is 8.78 Å². The predicted molar refractivity (Wildman–Crippen MR) is 53.3 cm³/mol. The molecule has 0 aliphatic rings. The number of hydrogen-bond acceptors (Lipinski definition) is 2. The summed E-state index contributed by atoms with van der Waals surface area (Å²) in [5.74, 6) is -0.442. The lowest BCUT2D eigenvalue weighted by molar-refractivity contribution is -0.0500. The number of hydrogen-bond donors (Lipinski definition) is 0. The van der Waals surface area contributed by atoms with Gasteiger partial charge < -0.3 is 4.74 Å². The van der Waals surface area contributed by atoms with Gasteiger partial charge in [0, 0.05) is 5.02 Å². The Morgan fingerprint density at radius 3 is 2.40 bits per heavy atom. The molecular formula is C8H3Cl3F2O2. The molecule has 0 spiro atoms. The average molecular weight is 275 g/mol. The summed E-state index contributed by atoms with van der Waals surface area (Å²) in [6.45, 7) is -3.09. The summed E-state index contributed by atoms with van der Waals surface area (Å²) in [7, 11) is 0. The van der Waals surface area contributed by atoms with Gasteiger partial charge in [-0.15, -0.1) is 0 Å². The van der Waals surface area contributed by atoms with Gasteiger partial charge in [-0.2, -0.15) is 8.78 Å². The van der Waals surface area contributed by atoms with Crippen LogP contribution in [0.25, 0.3) is 0 Å². The minimum atomic E-state index is -3.09. The summed E-state index contributed by atoms with van der Waals surface area (Å²) in [5, 5.41) is -1.07. The zero-order chi connectivity index (χ0) is 11.6. The molecule has 0 N–H and O–H groups in total. The topological polar surface area (TPSA) is 26.3 Å². The third-order valence-electron chi connectivity index (χ3n) is 1.43. The predicted octanol–water partition coefficient (Wildman–Crippen LogP) is 3.97. The van der Waals surface area contributed by atoms with Crippen molar-refractivity contribution in [1.29, 1.82) is 0 Å². The van der Waals surface area contributed by atoms with E-state index in [1.807, 2.05) is 0 Å². The van der Waals surface area contributed by atoms with Crippen molar-refractivity contribution >= 4 is 40.0 Å². The molecule has 0 unspecified atom stereocenters. The number of benzene rings is 1. The van der Waals surface area contributed by atoms with Crippen LogP contribution in [0.5, 0.6) is 5.75 Å². The minimum absolute atomic E-state index is 0.0670. The third kappa shape index (κ3) is 3.19. The molecule has 0 fully saturated rings. The fraction of sp³-hybridized carbons (Fsp3) is 0.125. The monoisotopic (exact) mass is 274 g/mol. The van der Waals surface area contributed by atoms with E-state index in [0.717, 1.165) is 6.07 Å². The Morgan fingerprint density at radius 2 is 1.93 bits per heavy atom. The van der Waals surface area contributed by atoms with Crippen LogP contribution in [0, 0.1) is 0 Å². The van der Waals surface area contributed by atoms with E-state index in [9.17, 15) is 13.6 Å². The van der Waals surface area contributed by atoms with Crippen LogP contribution >= 0.6 is 34.8 Å². The molecule has 0 saturated heterocycles. The molecule has 0 bridgehead atoms. The van der Waals surface area contributed by atoms with Crippen molar-refractivity contribution in [2.45, 2.75) is 6.61 Å². The molecule has 1 rings (SSSR count). The number of halogens is 5. The van der Waals surface area contributed by atoms with Crippen LogP contribution in [-0.4, -0.2) is 11.9 Å². The number of carbonyl (C=O) groups is 1. The number of rotatable bonds is 3. The van der Waals surface area contributed by atoms with E-state index >= 15 is 0 Å². The van der Waals surface area contributed by atoms with Gasteiger partial charge in [0.1, 0.15) is 5.75 Å².